The standard InChI is InChI=1S/C25H31N7O2S2/c1-15-24(36-16(2)30-15)21(27-3)13-35-14-29-23-9-5-18(12-28-23)25(33)32-19-6-7-20(32)11-17(10-19)4-8-22(26)31-34/h4-5,9,12-13,19-20,34H,3,6-8,10-11,14H2,1-2H3,(H2,26,31)(H,28,29)/b17-4?,21-13-/t19-,20+. The number of carbonyl (C=O) groups is 1. The number of piperidine rings is 1. The van der Waals surface area contributed by atoms with Crippen molar-refractivity contribution in [3.63, 3.8) is 0 Å². The zero-order valence-electron chi connectivity index (χ0n) is 20.5. The summed E-state index contributed by atoms with van der Waals surface area (Å²) in [7, 11) is 0. The van der Waals surface area contributed by atoms with Gasteiger partial charge in [-0.1, -0.05) is 16.8 Å². The lowest BCUT2D eigenvalue weighted by Gasteiger charge is -2.36. The van der Waals surface area contributed by atoms with Crippen LogP contribution in [0.15, 0.2) is 45.5 Å². The number of nitrogens with zero attached hydrogens (tertiary/aromatic N) is 5. The van der Waals surface area contributed by atoms with Crippen molar-refractivity contribution in [2.45, 2.75) is 58.0 Å². The van der Waals surface area contributed by atoms with Gasteiger partial charge in [-0.15, -0.1) is 23.1 Å². The molecule has 0 unspecified atom stereocenters. The van der Waals surface area contributed by atoms with Crippen molar-refractivity contribution in [2.24, 2.45) is 15.9 Å². The molecular weight excluding hydrogens is 494 g/mol. The average Bonchev–Trinajstić information content (AvgIpc) is 3.36. The van der Waals surface area contributed by atoms with E-state index in [9.17, 15) is 4.79 Å². The summed E-state index contributed by atoms with van der Waals surface area (Å²) >= 11 is 3.17. The Morgan fingerprint density at radius 1 is 1.36 bits per heavy atom. The minimum absolute atomic E-state index is 0.0336. The van der Waals surface area contributed by atoms with Crippen LogP contribution >= 0.6 is 23.1 Å². The predicted octanol–water partition coefficient (Wildman–Crippen LogP) is 4.79. The Morgan fingerprint density at radius 3 is 2.69 bits per heavy atom. The van der Waals surface area contributed by atoms with Crippen LogP contribution in [-0.2, 0) is 0 Å². The minimum Gasteiger partial charge on any atom is -0.409 e. The van der Waals surface area contributed by atoms with E-state index >= 15 is 0 Å². The van der Waals surface area contributed by atoms with E-state index in [1.807, 2.05) is 42.4 Å². The highest BCUT2D eigenvalue weighted by Crippen LogP contribution is 2.39. The Bertz CT molecular complexity index is 1190. The molecule has 2 fully saturated rings. The molecule has 4 heterocycles. The van der Waals surface area contributed by atoms with Gasteiger partial charge in [-0.2, -0.15) is 0 Å². The molecule has 11 heteroatoms. The van der Waals surface area contributed by atoms with Crippen molar-refractivity contribution >= 4 is 53.1 Å². The van der Waals surface area contributed by atoms with E-state index in [4.69, 9.17) is 10.9 Å². The van der Waals surface area contributed by atoms with E-state index in [0.29, 0.717) is 23.7 Å². The van der Waals surface area contributed by atoms with Gasteiger partial charge in [0, 0.05) is 24.7 Å². The SMILES string of the molecule is C=N/C(=C\SCNc1ccc(C(=O)N2[C@@H]3CC[C@H]2CC(=CC/C(N)=N/O)C3)cn1)c1sc(C)nc1C. The van der Waals surface area contributed by atoms with E-state index in [0.717, 1.165) is 47.0 Å². The van der Waals surface area contributed by atoms with Crippen LogP contribution in [0.5, 0.6) is 0 Å². The van der Waals surface area contributed by atoms with Crippen LogP contribution in [0, 0.1) is 13.8 Å². The Kier molecular flexibility index (Phi) is 8.42. The molecular formula is C25H31N7O2S2. The second-order valence-electron chi connectivity index (χ2n) is 8.89. The molecule has 0 spiro atoms. The van der Waals surface area contributed by atoms with Crippen molar-refractivity contribution < 1.29 is 10.0 Å². The van der Waals surface area contributed by atoms with E-state index < -0.39 is 0 Å². The molecule has 1 amide bonds. The van der Waals surface area contributed by atoms with Crippen molar-refractivity contribution in [3.8, 4) is 0 Å². The number of aromatic nitrogens is 2. The molecule has 2 aromatic rings. The fraction of sp³-hybridized carbons (Fsp3) is 0.400. The Morgan fingerprint density at radius 2 is 2.11 bits per heavy atom. The van der Waals surface area contributed by atoms with Crippen LogP contribution in [0.1, 0.15) is 58.0 Å². The summed E-state index contributed by atoms with van der Waals surface area (Å²) in [6, 6.07) is 4.06. The number of amidine groups is 1. The third-order valence-corrected chi connectivity index (χ3v) is 8.22. The highest BCUT2D eigenvalue weighted by Gasteiger charge is 2.41. The zero-order chi connectivity index (χ0) is 25.7. The topological polar surface area (TPSA) is 129 Å². The van der Waals surface area contributed by atoms with Gasteiger partial charge in [0.2, 0.25) is 0 Å². The lowest BCUT2D eigenvalue weighted by atomic mass is 9.95. The Balaban J connectivity index is 1.31. The number of fused-ring (bicyclic) bond motifs is 2. The number of hydrogen-bond donors (Lipinski definition) is 3. The first-order valence-corrected chi connectivity index (χ1v) is 13.7. The lowest BCUT2D eigenvalue weighted by Crippen LogP contribution is -2.44. The van der Waals surface area contributed by atoms with Crippen LogP contribution in [-0.4, -0.2) is 56.5 Å². The monoisotopic (exact) mass is 525 g/mol. The normalized spacial score (nSPS) is 21.2. The van der Waals surface area contributed by atoms with E-state index in [2.05, 4.69) is 32.2 Å². The van der Waals surface area contributed by atoms with Crippen LogP contribution in [0.4, 0.5) is 5.82 Å². The number of aliphatic imine (C=N–C) groups is 1. The lowest BCUT2D eigenvalue weighted by molar-refractivity contribution is 0.0634. The van der Waals surface area contributed by atoms with E-state index in [1.165, 1.54) is 5.57 Å². The number of carbonyl (C=O) groups excluding carboxylic acids is 1. The van der Waals surface area contributed by atoms with Crippen molar-refractivity contribution in [3.05, 3.63) is 56.5 Å². The smallest absolute Gasteiger partial charge is 0.255 e. The molecule has 0 radical (unpaired) electrons. The number of pyridine rings is 1. The molecule has 4 rings (SSSR count). The molecule has 0 aliphatic carbocycles. The first-order chi connectivity index (χ1) is 17.4. The molecule has 190 valence electrons. The van der Waals surface area contributed by atoms with Crippen molar-refractivity contribution in [1.29, 1.82) is 0 Å². The van der Waals surface area contributed by atoms with Gasteiger partial charge in [0.15, 0.2) is 0 Å². The van der Waals surface area contributed by atoms with Gasteiger partial charge in [-0.3, -0.25) is 9.79 Å². The van der Waals surface area contributed by atoms with Gasteiger partial charge in [-0.25, -0.2) is 9.97 Å². The average molecular weight is 526 g/mol. The largest absolute Gasteiger partial charge is 0.409 e. The molecule has 2 aliphatic rings. The maximum atomic E-state index is 13.3. The van der Waals surface area contributed by atoms with Crippen molar-refractivity contribution in [1.82, 2.24) is 14.9 Å². The van der Waals surface area contributed by atoms with Gasteiger partial charge in [0.05, 0.1) is 32.7 Å². The molecule has 2 atom stereocenters. The summed E-state index contributed by atoms with van der Waals surface area (Å²) in [5.74, 6) is 1.55. The number of thiazole rings is 1. The van der Waals surface area contributed by atoms with E-state index in [-0.39, 0.29) is 23.8 Å². The number of nitrogens with two attached hydrogens (primary N) is 1. The number of aryl methyl sites for hydroxylation is 2. The molecule has 2 bridgehead atoms. The molecule has 9 nitrogen and oxygen atoms in total. The summed E-state index contributed by atoms with van der Waals surface area (Å²) in [5.41, 5.74) is 9.25. The maximum Gasteiger partial charge on any atom is 0.255 e. The highest BCUT2D eigenvalue weighted by atomic mass is 32.2. The number of rotatable bonds is 9. The molecule has 0 saturated carbocycles. The molecule has 2 aromatic heterocycles. The van der Waals surface area contributed by atoms with Gasteiger partial charge in [-0.05, 0) is 63.8 Å². The number of amides is 1. The van der Waals surface area contributed by atoms with E-state index in [1.54, 1.807) is 29.3 Å². The second-order valence-corrected chi connectivity index (χ2v) is 11.0. The fourth-order valence-electron chi connectivity index (χ4n) is 4.78. The number of thioether (sulfide) groups is 1. The summed E-state index contributed by atoms with van der Waals surface area (Å²) < 4.78 is 0. The van der Waals surface area contributed by atoms with Gasteiger partial charge >= 0.3 is 0 Å². The summed E-state index contributed by atoms with van der Waals surface area (Å²) in [4.78, 5) is 29.4. The van der Waals surface area contributed by atoms with Crippen LogP contribution < -0.4 is 11.1 Å². The summed E-state index contributed by atoms with van der Waals surface area (Å²) in [6.07, 6.45) is 7.78. The first-order valence-electron chi connectivity index (χ1n) is 11.8. The van der Waals surface area contributed by atoms with Crippen LogP contribution in [0.2, 0.25) is 0 Å². The molecule has 36 heavy (non-hydrogen) atoms. The summed E-state index contributed by atoms with van der Waals surface area (Å²) in [6.45, 7) is 7.64. The number of anilines is 1. The summed E-state index contributed by atoms with van der Waals surface area (Å²) in [5, 5.41) is 18.0. The van der Waals surface area contributed by atoms with Gasteiger partial charge in [0.1, 0.15) is 11.7 Å². The minimum atomic E-state index is 0.0336. The molecule has 0 aromatic carbocycles. The fourth-order valence-corrected chi connectivity index (χ4v) is 6.42. The van der Waals surface area contributed by atoms with Crippen molar-refractivity contribution in [2.75, 3.05) is 11.2 Å². The molecule has 4 N–H and O–H groups in total. The second kappa shape index (κ2) is 11.7. The van der Waals surface area contributed by atoms with Gasteiger partial charge < -0.3 is 21.2 Å². The maximum absolute atomic E-state index is 13.3. The molecule has 2 aliphatic heterocycles. The Labute approximate surface area is 219 Å². The first kappa shape index (κ1) is 25.9. The number of hydrogen-bond acceptors (Lipinski definition) is 9. The Hall–Kier alpha value is -3.18. The molecule has 2 saturated heterocycles. The zero-order valence-corrected chi connectivity index (χ0v) is 22.1. The van der Waals surface area contributed by atoms with Gasteiger partial charge in [0.25, 0.3) is 5.91 Å². The third kappa shape index (κ3) is 5.96. The highest BCUT2D eigenvalue weighted by molar-refractivity contribution is 8.02. The predicted molar refractivity (Wildman–Crippen MR) is 148 cm³/mol. The van der Waals surface area contributed by atoms with Crippen LogP contribution in [0.3, 0.4) is 0 Å². The van der Waals surface area contributed by atoms with Crippen LogP contribution in [0.25, 0.3) is 5.70 Å². The third-order valence-electron chi connectivity index (χ3n) is 6.43. The number of nitrogens with one attached hydrogen (secondary N) is 1. The number of oxime groups is 1. The quantitative estimate of drug-likeness (QED) is 0.0817.